The minimum Gasteiger partial charge on any atom is -0.390 e. The Morgan fingerprint density at radius 1 is 1.17 bits per heavy atom. The molecule has 0 unspecified atom stereocenters. The zero-order valence-corrected chi connectivity index (χ0v) is 17.9. The Morgan fingerprint density at radius 2 is 1.77 bits per heavy atom. The number of hydrogen-bond acceptors (Lipinski definition) is 3. The summed E-state index contributed by atoms with van der Waals surface area (Å²) in [6.07, 6.45) is 0.644. The molecule has 2 aliphatic carbocycles. The lowest BCUT2D eigenvalue weighted by Crippen LogP contribution is -2.62. The largest absolute Gasteiger partial charge is 0.418 e. The quantitative estimate of drug-likeness (QED) is 0.781. The van der Waals surface area contributed by atoms with Crippen molar-refractivity contribution >= 4 is 11.6 Å². The van der Waals surface area contributed by atoms with Gasteiger partial charge in [0.25, 0.3) is 0 Å². The zero-order valence-electron chi connectivity index (χ0n) is 17.9. The third kappa shape index (κ3) is 3.93. The van der Waals surface area contributed by atoms with E-state index in [4.69, 9.17) is 0 Å². The maximum absolute atomic E-state index is 13.3. The van der Waals surface area contributed by atoms with Crippen molar-refractivity contribution in [3.05, 3.63) is 29.3 Å². The second-order valence-corrected chi connectivity index (χ2v) is 10.2. The van der Waals surface area contributed by atoms with Gasteiger partial charge >= 0.3 is 6.18 Å². The zero-order chi connectivity index (χ0) is 21.9. The van der Waals surface area contributed by atoms with Crippen LogP contribution in [-0.4, -0.2) is 48.7 Å². The highest BCUT2D eigenvalue weighted by Crippen LogP contribution is 2.50. The maximum Gasteiger partial charge on any atom is 0.418 e. The van der Waals surface area contributed by atoms with Crippen LogP contribution >= 0.6 is 0 Å². The number of hydrogen-bond donors (Lipinski definition) is 1. The van der Waals surface area contributed by atoms with Crippen molar-refractivity contribution in [3.8, 4) is 0 Å². The maximum atomic E-state index is 13.3. The van der Waals surface area contributed by atoms with Crippen LogP contribution < -0.4 is 4.90 Å². The summed E-state index contributed by atoms with van der Waals surface area (Å²) in [5, 5.41) is 9.86. The average molecular weight is 425 g/mol. The Balaban J connectivity index is 1.35. The Morgan fingerprint density at radius 3 is 2.27 bits per heavy atom. The Labute approximate surface area is 176 Å². The van der Waals surface area contributed by atoms with Gasteiger partial charge in [-0.25, -0.2) is 0 Å². The first-order valence-electron chi connectivity index (χ1n) is 10.8. The first-order valence-corrected chi connectivity index (χ1v) is 10.8. The van der Waals surface area contributed by atoms with Gasteiger partial charge in [-0.2, -0.15) is 13.2 Å². The molecule has 0 radical (unpaired) electrons. The van der Waals surface area contributed by atoms with E-state index < -0.39 is 17.3 Å². The van der Waals surface area contributed by atoms with E-state index in [0.29, 0.717) is 12.8 Å². The van der Waals surface area contributed by atoms with Gasteiger partial charge in [-0.3, -0.25) is 4.79 Å². The molecule has 3 aliphatic rings. The molecule has 1 saturated heterocycles. The number of halogens is 3. The molecule has 2 saturated carbocycles. The molecule has 1 spiro atoms. The predicted octanol–water partition coefficient (Wildman–Crippen LogP) is 4.42. The number of benzene rings is 1. The van der Waals surface area contributed by atoms with Crippen molar-refractivity contribution in [2.24, 2.45) is 11.3 Å². The summed E-state index contributed by atoms with van der Waals surface area (Å²) in [5.41, 5.74) is 0.0946. The van der Waals surface area contributed by atoms with Crippen LogP contribution in [0.15, 0.2) is 18.2 Å². The standard InChI is InChI=1S/C23H31F3N2O2/c1-21(30)11-17(12-21)20(29)28-13-22(14-28)8-6-15(7-9-22)16-4-5-18(23(24,25)26)19(10-16)27(2)3/h4-5,10,15,17,30H,6-9,11-14H2,1-3H3. The molecule has 166 valence electrons. The van der Waals surface area contributed by atoms with Gasteiger partial charge in [0.15, 0.2) is 0 Å². The first kappa shape index (κ1) is 21.5. The predicted molar refractivity (Wildman–Crippen MR) is 109 cm³/mol. The van der Waals surface area contributed by atoms with E-state index in [1.54, 1.807) is 33.2 Å². The third-order valence-corrected chi connectivity index (χ3v) is 7.41. The number of amides is 1. The minimum atomic E-state index is -4.36. The van der Waals surface area contributed by atoms with Crippen LogP contribution in [-0.2, 0) is 11.0 Å². The van der Waals surface area contributed by atoms with Crippen molar-refractivity contribution in [1.29, 1.82) is 0 Å². The summed E-state index contributed by atoms with van der Waals surface area (Å²) < 4.78 is 39.9. The van der Waals surface area contributed by atoms with Crippen LogP contribution in [0.1, 0.15) is 62.5 Å². The molecule has 1 aromatic rings. The van der Waals surface area contributed by atoms with Crippen LogP contribution in [0.25, 0.3) is 0 Å². The first-order chi connectivity index (χ1) is 13.9. The number of alkyl halides is 3. The summed E-state index contributed by atoms with van der Waals surface area (Å²) in [7, 11) is 3.29. The van der Waals surface area contributed by atoms with Gasteiger partial charge < -0.3 is 14.9 Å². The Bertz CT molecular complexity index is 810. The molecule has 1 heterocycles. The molecular formula is C23H31F3N2O2. The van der Waals surface area contributed by atoms with Gasteiger partial charge in [0, 0.05) is 44.2 Å². The summed E-state index contributed by atoms with van der Waals surface area (Å²) in [6, 6.07) is 4.55. The number of rotatable bonds is 3. The number of likely N-dealkylation sites (tertiary alicyclic amines) is 1. The van der Waals surface area contributed by atoms with Gasteiger partial charge in [0.05, 0.1) is 11.2 Å². The Kier molecular flexibility index (Phi) is 5.11. The molecule has 4 nitrogen and oxygen atoms in total. The molecule has 0 atom stereocenters. The van der Waals surface area contributed by atoms with Crippen LogP contribution in [0.4, 0.5) is 18.9 Å². The summed E-state index contributed by atoms with van der Waals surface area (Å²) in [4.78, 5) is 16.0. The lowest BCUT2D eigenvalue weighted by Gasteiger charge is -2.55. The fraction of sp³-hybridized carbons (Fsp3) is 0.696. The van der Waals surface area contributed by atoms with Crippen molar-refractivity contribution in [2.45, 2.75) is 63.1 Å². The van der Waals surface area contributed by atoms with Gasteiger partial charge in [-0.15, -0.1) is 0 Å². The second kappa shape index (κ2) is 7.14. The number of aliphatic hydroxyl groups is 1. The fourth-order valence-electron chi connectivity index (χ4n) is 5.65. The van der Waals surface area contributed by atoms with Crippen molar-refractivity contribution in [2.75, 3.05) is 32.1 Å². The van der Waals surface area contributed by atoms with E-state index in [2.05, 4.69) is 0 Å². The van der Waals surface area contributed by atoms with Crippen molar-refractivity contribution in [1.82, 2.24) is 4.90 Å². The molecule has 0 bridgehead atoms. The van der Waals surface area contributed by atoms with E-state index in [0.717, 1.165) is 44.3 Å². The number of anilines is 1. The topological polar surface area (TPSA) is 43.8 Å². The fourth-order valence-corrected chi connectivity index (χ4v) is 5.65. The van der Waals surface area contributed by atoms with E-state index in [-0.39, 0.29) is 28.8 Å². The second-order valence-electron chi connectivity index (χ2n) is 10.2. The molecular weight excluding hydrogens is 393 g/mol. The van der Waals surface area contributed by atoms with Crippen molar-refractivity contribution in [3.63, 3.8) is 0 Å². The third-order valence-electron chi connectivity index (χ3n) is 7.41. The number of carbonyl (C=O) groups is 1. The smallest absolute Gasteiger partial charge is 0.390 e. The highest BCUT2D eigenvalue weighted by Gasteiger charge is 2.51. The van der Waals surface area contributed by atoms with Gasteiger partial charge in [-0.1, -0.05) is 6.07 Å². The molecule has 4 rings (SSSR count). The van der Waals surface area contributed by atoms with Gasteiger partial charge in [0.2, 0.25) is 5.91 Å². The SMILES string of the molecule is CN(C)c1cc(C2CCC3(CC2)CN(C(=O)C2CC(C)(O)C2)C3)ccc1C(F)(F)F. The summed E-state index contributed by atoms with van der Waals surface area (Å²) in [5.74, 6) is 0.404. The van der Waals surface area contributed by atoms with Crippen LogP contribution in [0.3, 0.4) is 0 Å². The average Bonchev–Trinajstić information content (AvgIpc) is 2.62. The monoisotopic (exact) mass is 424 g/mol. The number of nitrogens with zero attached hydrogens (tertiary/aromatic N) is 2. The molecule has 1 amide bonds. The lowest BCUT2D eigenvalue weighted by atomic mass is 9.63. The molecule has 1 aromatic carbocycles. The highest BCUT2D eigenvalue weighted by atomic mass is 19.4. The van der Waals surface area contributed by atoms with Gasteiger partial charge in [-0.05, 0) is 69.1 Å². The van der Waals surface area contributed by atoms with Crippen LogP contribution in [0.2, 0.25) is 0 Å². The normalized spacial score (nSPS) is 28.8. The number of carbonyl (C=O) groups excluding carboxylic acids is 1. The lowest BCUT2D eigenvalue weighted by molar-refractivity contribution is -0.163. The van der Waals surface area contributed by atoms with E-state index in [1.165, 1.54) is 11.0 Å². The molecule has 7 heteroatoms. The van der Waals surface area contributed by atoms with E-state index in [1.807, 2.05) is 4.90 Å². The molecule has 1 N–H and O–H groups in total. The Hall–Kier alpha value is -1.76. The van der Waals surface area contributed by atoms with Crippen molar-refractivity contribution < 1.29 is 23.1 Å². The highest BCUT2D eigenvalue weighted by molar-refractivity contribution is 5.81. The molecule has 30 heavy (non-hydrogen) atoms. The van der Waals surface area contributed by atoms with E-state index in [9.17, 15) is 23.1 Å². The summed E-state index contributed by atoms with van der Waals surface area (Å²) >= 11 is 0. The molecule has 0 aromatic heterocycles. The molecule has 1 aliphatic heterocycles. The minimum absolute atomic E-state index is 0.0368. The van der Waals surface area contributed by atoms with Crippen LogP contribution in [0, 0.1) is 11.3 Å². The van der Waals surface area contributed by atoms with Crippen LogP contribution in [0.5, 0.6) is 0 Å². The van der Waals surface area contributed by atoms with Gasteiger partial charge in [0.1, 0.15) is 0 Å². The molecule has 3 fully saturated rings. The van der Waals surface area contributed by atoms with E-state index >= 15 is 0 Å². The summed E-state index contributed by atoms with van der Waals surface area (Å²) in [6.45, 7) is 3.35.